The maximum absolute atomic E-state index is 9.17. The molecule has 6 heteroatoms. The van der Waals surface area contributed by atoms with Crippen LogP contribution in [-0.2, 0) is 6.54 Å². The molecule has 0 aliphatic rings. The first-order chi connectivity index (χ1) is 11.8. The summed E-state index contributed by atoms with van der Waals surface area (Å²) in [6.07, 6.45) is 3.05. The van der Waals surface area contributed by atoms with Gasteiger partial charge in [0.1, 0.15) is 17.9 Å². The maximum Gasteiger partial charge on any atom is 0.191 e. The van der Waals surface area contributed by atoms with Crippen LogP contribution in [0.5, 0.6) is 0 Å². The molecule has 1 atom stereocenters. The summed E-state index contributed by atoms with van der Waals surface area (Å²) in [7, 11) is 0. The summed E-state index contributed by atoms with van der Waals surface area (Å²) in [6.45, 7) is 6.59. The fraction of sp³-hybridized carbons (Fsp3) is 0.526. The van der Waals surface area contributed by atoms with Crippen LogP contribution in [-0.4, -0.2) is 30.8 Å². The summed E-state index contributed by atoms with van der Waals surface area (Å²) >= 11 is 0. The second-order valence-corrected chi connectivity index (χ2v) is 5.99. The van der Waals surface area contributed by atoms with Crippen LogP contribution in [0.15, 0.2) is 39.7 Å². The summed E-state index contributed by atoms with van der Waals surface area (Å²) in [5.41, 5.74) is 0.895. The number of nitrogens with zero attached hydrogens (tertiary/aromatic N) is 1. The number of aliphatic imine (C=N–C) groups is 1. The predicted molar refractivity (Wildman–Crippen MR) is 115 cm³/mol. The Morgan fingerprint density at radius 2 is 2.00 bits per heavy atom. The molecule has 0 aliphatic heterocycles. The van der Waals surface area contributed by atoms with Crippen LogP contribution >= 0.6 is 24.0 Å². The van der Waals surface area contributed by atoms with Gasteiger partial charge in [0.2, 0.25) is 0 Å². The second kappa shape index (κ2) is 12.1. The summed E-state index contributed by atoms with van der Waals surface area (Å²) < 4.78 is 5.80. The molecule has 2 rings (SSSR count). The summed E-state index contributed by atoms with van der Waals surface area (Å²) in [6, 6.07) is 10.0. The fourth-order valence-electron chi connectivity index (χ4n) is 2.79. The number of para-hydroxylation sites is 1. The molecular formula is C19H30IN3O2. The molecule has 0 aliphatic carbocycles. The molecule has 1 aromatic heterocycles. The lowest BCUT2D eigenvalue weighted by molar-refractivity contribution is 0.251. The van der Waals surface area contributed by atoms with Crippen LogP contribution in [0.2, 0.25) is 0 Å². The maximum atomic E-state index is 9.17. The average Bonchev–Trinajstić information content (AvgIpc) is 3.00. The van der Waals surface area contributed by atoms with Gasteiger partial charge in [0.05, 0.1) is 0 Å². The minimum absolute atomic E-state index is 0. The van der Waals surface area contributed by atoms with Gasteiger partial charge < -0.3 is 20.2 Å². The lowest BCUT2D eigenvalue weighted by atomic mass is 10.0. The Bertz CT molecular complexity index is 603. The van der Waals surface area contributed by atoms with Crippen molar-refractivity contribution in [2.75, 3.05) is 19.7 Å². The highest BCUT2D eigenvalue weighted by molar-refractivity contribution is 14.0. The van der Waals surface area contributed by atoms with E-state index in [9.17, 15) is 0 Å². The van der Waals surface area contributed by atoms with E-state index in [1.165, 1.54) is 0 Å². The Labute approximate surface area is 167 Å². The molecule has 25 heavy (non-hydrogen) atoms. The molecule has 1 heterocycles. The number of aliphatic hydroxyl groups is 1. The molecule has 0 radical (unpaired) electrons. The predicted octanol–water partition coefficient (Wildman–Crippen LogP) is 3.90. The van der Waals surface area contributed by atoms with E-state index in [2.05, 4.69) is 29.5 Å². The van der Waals surface area contributed by atoms with Crippen LogP contribution in [0.1, 0.15) is 38.9 Å². The zero-order chi connectivity index (χ0) is 17.2. The van der Waals surface area contributed by atoms with Crippen molar-refractivity contribution >= 4 is 40.9 Å². The minimum atomic E-state index is 0. The first-order valence-electron chi connectivity index (χ1n) is 8.87. The van der Waals surface area contributed by atoms with Gasteiger partial charge in [-0.1, -0.05) is 31.5 Å². The number of halogens is 1. The fourth-order valence-corrected chi connectivity index (χ4v) is 2.79. The van der Waals surface area contributed by atoms with Crippen molar-refractivity contribution < 1.29 is 9.52 Å². The first kappa shape index (κ1) is 21.8. The van der Waals surface area contributed by atoms with Crippen molar-refractivity contribution in [3.8, 4) is 0 Å². The number of hydrogen-bond acceptors (Lipinski definition) is 3. The molecule has 1 unspecified atom stereocenters. The van der Waals surface area contributed by atoms with Gasteiger partial charge in [-0.3, -0.25) is 0 Å². The van der Waals surface area contributed by atoms with Gasteiger partial charge in [0.15, 0.2) is 5.96 Å². The third-order valence-electron chi connectivity index (χ3n) is 4.01. The average molecular weight is 459 g/mol. The molecule has 2 aromatic rings. The van der Waals surface area contributed by atoms with E-state index >= 15 is 0 Å². The van der Waals surface area contributed by atoms with E-state index in [0.717, 1.165) is 55.0 Å². The Kier molecular flexibility index (Phi) is 10.6. The highest BCUT2D eigenvalue weighted by atomic mass is 127. The van der Waals surface area contributed by atoms with E-state index in [0.29, 0.717) is 12.5 Å². The molecule has 0 saturated heterocycles. The van der Waals surface area contributed by atoms with Gasteiger partial charge in [-0.2, -0.15) is 0 Å². The standard InChI is InChI=1S/C19H29N3O2.HI/c1-3-7-15(10-11-23)13-21-19(20-4-2)22-14-17-12-16-8-5-6-9-18(16)24-17;/h5-6,8-9,12,15,23H,3-4,7,10-11,13-14H2,1-2H3,(H2,20,21,22);1H. The topological polar surface area (TPSA) is 69.8 Å². The van der Waals surface area contributed by atoms with Gasteiger partial charge in [-0.15, -0.1) is 24.0 Å². The van der Waals surface area contributed by atoms with E-state index in [-0.39, 0.29) is 30.6 Å². The van der Waals surface area contributed by atoms with Gasteiger partial charge >= 0.3 is 0 Å². The molecule has 140 valence electrons. The molecule has 0 saturated carbocycles. The number of benzene rings is 1. The molecule has 0 fully saturated rings. The molecule has 3 N–H and O–H groups in total. The van der Waals surface area contributed by atoms with Crippen molar-refractivity contribution in [3.05, 3.63) is 36.1 Å². The Hall–Kier alpha value is -1.28. The monoisotopic (exact) mass is 459 g/mol. The van der Waals surface area contributed by atoms with Gasteiger partial charge in [-0.05, 0) is 37.8 Å². The van der Waals surface area contributed by atoms with Crippen LogP contribution in [0.4, 0.5) is 0 Å². The third-order valence-corrected chi connectivity index (χ3v) is 4.01. The van der Waals surface area contributed by atoms with Crippen molar-refractivity contribution in [2.45, 2.75) is 39.7 Å². The number of fused-ring (bicyclic) bond motifs is 1. The van der Waals surface area contributed by atoms with Crippen molar-refractivity contribution in [1.29, 1.82) is 0 Å². The van der Waals surface area contributed by atoms with Crippen LogP contribution < -0.4 is 10.6 Å². The SMILES string of the molecule is CCCC(CCO)CNC(=NCc1cc2ccccc2o1)NCC.I. The zero-order valence-corrected chi connectivity index (χ0v) is 17.5. The first-order valence-corrected chi connectivity index (χ1v) is 8.87. The molecular weight excluding hydrogens is 429 g/mol. The highest BCUT2D eigenvalue weighted by Crippen LogP contribution is 2.19. The zero-order valence-electron chi connectivity index (χ0n) is 15.1. The lowest BCUT2D eigenvalue weighted by Crippen LogP contribution is -2.40. The highest BCUT2D eigenvalue weighted by Gasteiger charge is 2.09. The number of guanidine groups is 1. The molecule has 0 spiro atoms. The molecule has 0 amide bonds. The van der Waals surface area contributed by atoms with E-state index in [1.807, 2.05) is 30.3 Å². The van der Waals surface area contributed by atoms with Crippen molar-refractivity contribution in [3.63, 3.8) is 0 Å². The Balaban J connectivity index is 0.00000312. The number of aliphatic hydroxyl groups excluding tert-OH is 1. The summed E-state index contributed by atoms with van der Waals surface area (Å²) in [5, 5.41) is 16.9. The lowest BCUT2D eigenvalue weighted by Gasteiger charge is -2.18. The number of nitrogens with one attached hydrogen (secondary N) is 2. The van der Waals surface area contributed by atoms with Crippen LogP contribution in [0, 0.1) is 5.92 Å². The molecule has 5 nitrogen and oxygen atoms in total. The van der Waals surface area contributed by atoms with E-state index in [4.69, 9.17) is 9.52 Å². The Morgan fingerprint density at radius 3 is 2.68 bits per heavy atom. The second-order valence-electron chi connectivity index (χ2n) is 5.99. The van der Waals surface area contributed by atoms with E-state index < -0.39 is 0 Å². The number of furan rings is 1. The van der Waals surface area contributed by atoms with Crippen molar-refractivity contribution in [1.82, 2.24) is 10.6 Å². The van der Waals surface area contributed by atoms with Crippen LogP contribution in [0.3, 0.4) is 0 Å². The molecule has 0 bridgehead atoms. The summed E-state index contributed by atoms with van der Waals surface area (Å²) in [5.74, 6) is 2.11. The van der Waals surface area contributed by atoms with E-state index in [1.54, 1.807) is 0 Å². The quantitative estimate of drug-likeness (QED) is 0.302. The normalized spacial score (nSPS) is 12.7. The van der Waals surface area contributed by atoms with Crippen molar-refractivity contribution in [2.24, 2.45) is 10.9 Å². The smallest absolute Gasteiger partial charge is 0.191 e. The van der Waals surface area contributed by atoms with Gasteiger partial charge in [0, 0.05) is 25.1 Å². The number of rotatable bonds is 9. The van der Waals surface area contributed by atoms with Gasteiger partial charge in [-0.25, -0.2) is 4.99 Å². The van der Waals surface area contributed by atoms with Gasteiger partial charge in [0.25, 0.3) is 0 Å². The third kappa shape index (κ3) is 7.23. The largest absolute Gasteiger partial charge is 0.459 e. The summed E-state index contributed by atoms with van der Waals surface area (Å²) in [4.78, 5) is 4.61. The molecule has 1 aromatic carbocycles. The Morgan fingerprint density at radius 1 is 1.20 bits per heavy atom. The number of hydrogen-bond donors (Lipinski definition) is 3. The minimum Gasteiger partial charge on any atom is -0.459 e. The van der Waals surface area contributed by atoms with Crippen LogP contribution in [0.25, 0.3) is 11.0 Å².